The van der Waals surface area contributed by atoms with E-state index >= 15 is 0 Å². The average Bonchev–Trinajstić information content (AvgIpc) is 2.72. The van der Waals surface area contributed by atoms with Crippen LogP contribution in [0.4, 0.5) is 4.79 Å². The van der Waals surface area contributed by atoms with Crippen molar-refractivity contribution in [1.29, 1.82) is 0 Å². The molecule has 1 saturated carbocycles. The van der Waals surface area contributed by atoms with Gasteiger partial charge in [-0.25, -0.2) is 4.79 Å². The number of rotatable bonds is 1. The normalized spacial score (nSPS) is 33.2. The highest BCUT2D eigenvalue weighted by atomic mass is 16.6. The number of aliphatic hydroxyl groups excluding tert-OH is 1. The summed E-state index contributed by atoms with van der Waals surface area (Å²) < 4.78 is 5.37. The Labute approximate surface area is 96.6 Å². The second-order valence-corrected chi connectivity index (χ2v) is 5.96. The maximum atomic E-state index is 11.9. The van der Waals surface area contributed by atoms with Crippen LogP contribution in [-0.2, 0) is 4.74 Å². The Morgan fingerprint density at radius 2 is 2.12 bits per heavy atom. The molecule has 1 heterocycles. The van der Waals surface area contributed by atoms with Crippen molar-refractivity contribution in [3.63, 3.8) is 0 Å². The lowest BCUT2D eigenvalue weighted by Crippen LogP contribution is -2.43. The third-order valence-electron chi connectivity index (χ3n) is 3.55. The van der Waals surface area contributed by atoms with E-state index in [4.69, 9.17) is 9.84 Å². The van der Waals surface area contributed by atoms with E-state index in [1.807, 2.05) is 25.7 Å². The van der Waals surface area contributed by atoms with Gasteiger partial charge in [0.15, 0.2) is 0 Å². The van der Waals surface area contributed by atoms with Crippen molar-refractivity contribution in [2.45, 2.75) is 45.3 Å². The first-order valence-corrected chi connectivity index (χ1v) is 6.01. The van der Waals surface area contributed by atoms with Gasteiger partial charge in [0.1, 0.15) is 5.60 Å². The maximum absolute atomic E-state index is 11.9. The molecule has 2 bridgehead atoms. The number of carbonyl (C=O) groups is 1. The standard InChI is InChI=1S/C12H21NO3/c1-12(2,3)16-11(15)13-6-8-4-10(13)5-9(8)7-14/h8-10,14H,4-7H2,1-3H3. The van der Waals surface area contributed by atoms with E-state index in [2.05, 4.69) is 0 Å². The molecule has 16 heavy (non-hydrogen) atoms. The van der Waals surface area contributed by atoms with Crippen molar-refractivity contribution < 1.29 is 14.6 Å². The van der Waals surface area contributed by atoms with E-state index in [-0.39, 0.29) is 18.7 Å². The SMILES string of the molecule is CC(C)(C)OC(=O)N1CC2CC1CC2CO. The van der Waals surface area contributed by atoms with Gasteiger partial charge in [-0.05, 0) is 45.4 Å². The first-order valence-electron chi connectivity index (χ1n) is 6.01. The number of likely N-dealkylation sites (tertiary alicyclic amines) is 1. The van der Waals surface area contributed by atoms with Crippen molar-refractivity contribution in [2.75, 3.05) is 13.2 Å². The number of fused-ring (bicyclic) bond motifs is 2. The first-order chi connectivity index (χ1) is 7.40. The molecule has 3 unspecified atom stereocenters. The Morgan fingerprint density at radius 3 is 2.56 bits per heavy atom. The van der Waals surface area contributed by atoms with E-state index in [1.165, 1.54) is 0 Å². The van der Waals surface area contributed by atoms with Gasteiger partial charge in [-0.1, -0.05) is 0 Å². The van der Waals surface area contributed by atoms with Crippen LogP contribution in [0, 0.1) is 11.8 Å². The number of amides is 1. The van der Waals surface area contributed by atoms with Crippen molar-refractivity contribution in [2.24, 2.45) is 11.8 Å². The molecule has 1 aliphatic heterocycles. The lowest BCUT2D eigenvalue weighted by molar-refractivity contribution is 0.0137. The molecule has 0 spiro atoms. The minimum atomic E-state index is -0.421. The molecule has 0 aromatic carbocycles. The molecular formula is C12H21NO3. The molecule has 0 aromatic rings. The number of hydrogen-bond donors (Lipinski definition) is 1. The third-order valence-corrected chi connectivity index (χ3v) is 3.55. The molecule has 4 nitrogen and oxygen atoms in total. The van der Waals surface area contributed by atoms with Crippen LogP contribution in [0.25, 0.3) is 0 Å². The predicted molar refractivity (Wildman–Crippen MR) is 60.0 cm³/mol. The van der Waals surface area contributed by atoms with Crippen LogP contribution in [0.5, 0.6) is 0 Å². The van der Waals surface area contributed by atoms with Crippen molar-refractivity contribution in [1.82, 2.24) is 4.90 Å². The third kappa shape index (κ3) is 2.17. The van der Waals surface area contributed by atoms with Gasteiger partial charge in [0.25, 0.3) is 0 Å². The molecule has 2 fully saturated rings. The molecule has 2 rings (SSSR count). The minimum absolute atomic E-state index is 0.198. The van der Waals surface area contributed by atoms with Crippen molar-refractivity contribution in [3.8, 4) is 0 Å². The molecule has 1 N–H and O–H groups in total. The van der Waals surface area contributed by atoms with E-state index in [9.17, 15) is 4.79 Å². The van der Waals surface area contributed by atoms with Gasteiger partial charge < -0.3 is 14.7 Å². The molecular weight excluding hydrogens is 206 g/mol. The van der Waals surface area contributed by atoms with Gasteiger partial charge in [0, 0.05) is 19.2 Å². The summed E-state index contributed by atoms with van der Waals surface area (Å²) in [4.78, 5) is 13.7. The van der Waals surface area contributed by atoms with Gasteiger partial charge in [0.05, 0.1) is 0 Å². The van der Waals surface area contributed by atoms with E-state index in [0.717, 1.165) is 19.4 Å². The number of hydrogen-bond acceptors (Lipinski definition) is 3. The lowest BCUT2D eigenvalue weighted by atomic mass is 9.96. The van der Waals surface area contributed by atoms with Crippen LogP contribution in [0.15, 0.2) is 0 Å². The predicted octanol–water partition coefficient (Wildman–Crippen LogP) is 1.62. The smallest absolute Gasteiger partial charge is 0.410 e. The van der Waals surface area contributed by atoms with Crippen LogP contribution in [0.3, 0.4) is 0 Å². The summed E-state index contributed by atoms with van der Waals surface area (Å²) in [7, 11) is 0. The maximum Gasteiger partial charge on any atom is 0.410 e. The van der Waals surface area contributed by atoms with Gasteiger partial charge in [0.2, 0.25) is 0 Å². The monoisotopic (exact) mass is 227 g/mol. The highest BCUT2D eigenvalue weighted by Gasteiger charge is 2.47. The summed E-state index contributed by atoms with van der Waals surface area (Å²) in [6.07, 6.45) is 1.77. The zero-order chi connectivity index (χ0) is 11.9. The summed E-state index contributed by atoms with van der Waals surface area (Å²) in [6, 6.07) is 0.289. The van der Waals surface area contributed by atoms with Crippen LogP contribution in [-0.4, -0.2) is 40.9 Å². The summed E-state index contributed by atoms with van der Waals surface area (Å²) >= 11 is 0. The second-order valence-electron chi connectivity index (χ2n) is 5.96. The number of nitrogens with zero attached hydrogens (tertiary/aromatic N) is 1. The highest BCUT2D eigenvalue weighted by molar-refractivity contribution is 5.69. The Kier molecular flexibility index (Phi) is 2.86. The number of carbonyl (C=O) groups excluding carboxylic acids is 1. The largest absolute Gasteiger partial charge is 0.444 e. The number of aliphatic hydroxyl groups is 1. The fourth-order valence-corrected chi connectivity index (χ4v) is 2.83. The fraction of sp³-hybridized carbons (Fsp3) is 0.917. The Balaban J connectivity index is 1.93. The van der Waals surface area contributed by atoms with Gasteiger partial charge >= 0.3 is 6.09 Å². The van der Waals surface area contributed by atoms with E-state index in [1.54, 1.807) is 0 Å². The molecule has 0 radical (unpaired) electrons. The topological polar surface area (TPSA) is 49.8 Å². The highest BCUT2D eigenvalue weighted by Crippen LogP contribution is 2.42. The van der Waals surface area contributed by atoms with E-state index in [0.29, 0.717) is 11.8 Å². The molecule has 1 amide bonds. The van der Waals surface area contributed by atoms with E-state index < -0.39 is 5.60 Å². The minimum Gasteiger partial charge on any atom is -0.444 e. The summed E-state index contributed by atoms with van der Waals surface area (Å²) in [5.74, 6) is 0.867. The van der Waals surface area contributed by atoms with Gasteiger partial charge in [-0.3, -0.25) is 0 Å². The molecule has 0 aromatic heterocycles. The Morgan fingerprint density at radius 1 is 1.44 bits per heavy atom. The molecule has 3 atom stereocenters. The Bertz CT molecular complexity index is 284. The van der Waals surface area contributed by atoms with Crippen LogP contribution in [0.2, 0.25) is 0 Å². The summed E-state index contributed by atoms with van der Waals surface area (Å²) in [5, 5.41) is 9.16. The first kappa shape index (κ1) is 11.7. The molecule has 4 heteroatoms. The van der Waals surface area contributed by atoms with Crippen LogP contribution in [0.1, 0.15) is 33.6 Å². The average molecular weight is 227 g/mol. The quantitative estimate of drug-likeness (QED) is 0.740. The fourth-order valence-electron chi connectivity index (χ4n) is 2.83. The molecule has 92 valence electrons. The van der Waals surface area contributed by atoms with Gasteiger partial charge in [-0.15, -0.1) is 0 Å². The zero-order valence-corrected chi connectivity index (χ0v) is 10.3. The second kappa shape index (κ2) is 3.91. The molecule has 1 aliphatic carbocycles. The summed E-state index contributed by atoms with van der Waals surface area (Å²) in [5.41, 5.74) is -0.421. The van der Waals surface area contributed by atoms with Gasteiger partial charge in [-0.2, -0.15) is 0 Å². The number of piperidine rings is 1. The van der Waals surface area contributed by atoms with Crippen LogP contribution < -0.4 is 0 Å². The van der Waals surface area contributed by atoms with Crippen molar-refractivity contribution >= 4 is 6.09 Å². The Hall–Kier alpha value is -0.770. The van der Waals surface area contributed by atoms with Crippen LogP contribution >= 0.6 is 0 Å². The zero-order valence-electron chi connectivity index (χ0n) is 10.3. The lowest BCUT2D eigenvalue weighted by Gasteiger charge is -2.32. The number of ether oxygens (including phenoxy) is 1. The van der Waals surface area contributed by atoms with Crippen molar-refractivity contribution in [3.05, 3.63) is 0 Å². The summed E-state index contributed by atoms with van der Waals surface area (Å²) in [6.45, 7) is 6.66. The molecule has 1 saturated heterocycles. The molecule has 2 aliphatic rings.